The number of pyridine rings is 1. The minimum absolute atomic E-state index is 0.387. The largest absolute Gasteiger partial charge is 0.329 e. The van der Waals surface area contributed by atoms with E-state index >= 15 is 0 Å². The number of nitrogens with one attached hydrogen (secondary N) is 1. The summed E-state index contributed by atoms with van der Waals surface area (Å²) in [5.41, 5.74) is 1.74. The van der Waals surface area contributed by atoms with Crippen LogP contribution in [0, 0.1) is 4.77 Å². The van der Waals surface area contributed by atoms with E-state index in [1.54, 1.807) is 6.20 Å². The molecule has 92 valence electrons. The lowest BCUT2D eigenvalue weighted by Crippen LogP contribution is -2.29. The Bertz CT molecular complexity index is 587. The SMILES string of the molecule is CC(Cn1c(=S)[nH]c2cc(Cl)cnc21)N(C)C. The zero-order chi connectivity index (χ0) is 12.6. The quantitative estimate of drug-likeness (QED) is 0.872. The molecule has 0 aliphatic carbocycles. The highest BCUT2D eigenvalue weighted by molar-refractivity contribution is 7.71. The minimum Gasteiger partial charge on any atom is -0.329 e. The van der Waals surface area contributed by atoms with E-state index in [-0.39, 0.29) is 0 Å². The van der Waals surface area contributed by atoms with Crippen molar-refractivity contribution in [1.29, 1.82) is 0 Å². The number of fused-ring (bicyclic) bond motifs is 1. The smallest absolute Gasteiger partial charge is 0.179 e. The summed E-state index contributed by atoms with van der Waals surface area (Å²) in [7, 11) is 4.10. The maximum absolute atomic E-state index is 5.90. The Labute approximate surface area is 110 Å². The van der Waals surface area contributed by atoms with E-state index in [9.17, 15) is 0 Å². The molecule has 0 spiro atoms. The van der Waals surface area contributed by atoms with Gasteiger partial charge in [0.2, 0.25) is 0 Å². The van der Waals surface area contributed by atoms with Gasteiger partial charge >= 0.3 is 0 Å². The molecule has 2 aromatic rings. The van der Waals surface area contributed by atoms with Crippen LogP contribution in [0.25, 0.3) is 11.2 Å². The van der Waals surface area contributed by atoms with Crippen LogP contribution in [-0.4, -0.2) is 39.6 Å². The summed E-state index contributed by atoms with van der Waals surface area (Å²) in [6, 6.07) is 2.23. The molecule has 17 heavy (non-hydrogen) atoms. The molecule has 0 aliphatic rings. The average molecular weight is 271 g/mol. The van der Waals surface area contributed by atoms with Gasteiger partial charge < -0.3 is 9.88 Å². The summed E-state index contributed by atoms with van der Waals surface area (Å²) in [6.07, 6.45) is 1.64. The van der Waals surface area contributed by atoms with Crippen LogP contribution in [0.4, 0.5) is 0 Å². The van der Waals surface area contributed by atoms with Crippen LogP contribution < -0.4 is 0 Å². The van der Waals surface area contributed by atoms with E-state index in [2.05, 4.69) is 21.8 Å². The van der Waals surface area contributed by atoms with E-state index in [0.29, 0.717) is 15.8 Å². The molecule has 0 bridgehead atoms. The van der Waals surface area contributed by atoms with Crippen LogP contribution >= 0.6 is 23.8 Å². The van der Waals surface area contributed by atoms with Crippen molar-refractivity contribution in [3.8, 4) is 0 Å². The Morgan fingerprint density at radius 1 is 1.59 bits per heavy atom. The van der Waals surface area contributed by atoms with E-state index in [1.807, 2.05) is 24.7 Å². The molecule has 0 aromatic carbocycles. The lowest BCUT2D eigenvalue weighted by molar-refractivity contribution is 0.285. The lowest BCUT2D eigenvalue weighted by atomic mass is 10.3. The van der Waals surface area contributed by atoms with E-state index < -0.39 is 0 Å². The first-order valence-electron chi connectivity index (χ1n) is 5.39. The fraction of sp³-hybridized carbons (Fsp3) is 0.455. The lowest BCUT2D eigenvalue weighted by Gasteiger charge is -2.20. The third-order valence-corrected chi connectivity index (χ3v) is 3.43. The molecule has 1 atom stereocenters. The van der Waals surface area contributed by atoms with Crippen LogP contribution in [0.1, 0.15) is 6.92 Å². The maximum Gasteiger partial charge on any atom is 0.179 e. The van der Waals surface area contributed by atoms with Crippen molar-refractivity contribution in [2.45, 2.75) is 19.5 Å². The highest BCUT2D eigenvalue weighted by Gasteiger charge is 2.11. The Balaban J connectivity index is 2.47. The van der Waals surface area contributed by atoms with Crippen molar-refractivity contribution < 1.29 is 0 Å². The van der Waals surface area contributed by atoms with Gasteiger partial charge in [-0.1, -0.05) is 11.6 Å². The molecular formula is C11H15ClN4S. The standard InChI is InChI=1S/C11H15ClN4S/c1-7(15(2)3)6-16-10-9(14-11(16)17)4-8(12)5-13-10/h4-5,7H,6H2,1-3H3,(H,14,17). The molecule has 6 heteroatoms. The summed E-state index contributed by atoms with van der Waals surface area (Å²) < 4.78 is 2.69. The van der Waals surface area contributed by atoms with Crippen LogP contribution in [0.15, 0.2) is 12.3 Å². The monoisotopic (exact) mass is 270 g/mol. The third-order valence-electron chi connectivity index (χ3n) is 2.90. The van der Waals surface area contributed by atoms with Crippen molar-refractivity contribution >= 4 is 35.0 Å². The second-order valence-electron chi connectivity index (χ2n) is 4.38. The summed E-state index contributed by atoms with van der Waals surface area (Å²) in [5, 5.41) is 0.613. The van der Waals surface area contributed by atoms with Gasteiger partial charge in [-0.25, -0.2) is 4.98 Å². The molecule has 1 unspecified atom stereocenters. The summed E-state index contributed by atoms with van der Waals surface area (Å²) >= 11 is 11.2. The van der Waals surface area contributed by atoms with Crippen molar-refractivity contribution in [2.24, 2.45) is 0 Å². The van der Waals surface area contributed by atoms with Crippen molar-refractivity contribution in [3.05, 3.63) is 22.1 Å². The molecule has 2 rings (SSSR count). The van der Waals surface area contributed by atoms with Gasteiger partial charge in [-0.3, -0.25) is 4.57 Å². The Morgan fingerprint density at radius 2 is 2.29 bits per heavy atom. The zero-order valence-corrected chi connectivity index (χ0v) is 11.6. The first kappa shape index (κ1) is 12.5. The maximum atomic E-state index is 5.90. The van der Waals surface area contributed by atoms with E-state index in [1.165, 1.54) is 0 Å². The number of likely N-dealkylation sites (N-methyl/N-ethyl adjacent to an activating group) is 1. The number of halogens is 1. The second-order valence-corrected chi connectivity index (χ2v) is 5.20. The molecule has 0 saturated heterocycles. The van der Waals surface area contributed by atoms with Crippen molar-refractivity contribution in [2.75, 3.05) is 14.1 Å². The molecule has 0 amide bonds. The van der Waals surface area contributed by atoms with Gasteiger partial charge in [0.25, 0.3) is 0 Å². The van der Waals surface area contributed by atoms with Gasteiger partial charge in [0, 0.05) is 18.8 Å². The molecule has 4 nitrogen and oxygen atoms in total. The third kappa shape index (κ3) is 2.51. The number of nitrogens with zero attached hydrogens (tertiary/aromatic N) is 3. The number of H-pyrrole nitrogens is 1. The van der Waals surface area contributed by atoms with Gasteiger partial charge in [0.05, 0.1) is 10.5 Å². The average Bonchev–Trinajstić information content (AvgIpc) is 2.54. The Hall–Kier alpha value is -0.910. The van der Waals surface area contributed by atoms with Gasteiger partial charge in [0.1, 0.15) is 0 Å². The van der Waals surface area contributed by atoms with Gasteiger partial charge in [-0.15, -0.1) is 0 Å². The molecule has 1 N–H and O–H groups in total. The highest BCUT2D eigenvalue weighted by Crippen LogP contribution is 2.17. The number of imidazole rings is 1. The topological polar surface area (TPSA) is 36.9 Å². The summed E-state index contributed by atoms with van der Waals surface area (Å²) in [6.45, 7) is 2.96. The molecule has 0 aliphatic heterocycles. The van der Waals surface area contributed by atoms with Crippen LogP contribution in [-0.2, 0) is 6.54 Å². The van der Waals surface area contributed by atoms with E-state index in [4.69, 9.17) is 23.8 Å². The number of aromatic amines is 1. The molecule has 0 radical (unpaired) electrons. The fourth-order valence-corrected chi connectivity index (χ4v) is 2.04. The number of aromatic nitrogens is 3. The molecule has 2 aromatic heterocycles. The summed E-state index contributed by atoms with van der Waals surface area (Å²) in [4.78, 5) is 9.60. The Kier molecular flexibility index (Phi) is 3.51. The fourth-order valence-electron chi connectivity index (χ4n) is 1.61. The van der Waals surface area contributed by atoms with Crippen molar-refractivity contribution in [3.63, 3.8) is 0 Å². The Morgan fingerprint density at radius 3 is 2.94 bits per heavy atom. The van der Waals surface area contributed by atoms with Crippen molar-refractivity contribution in [1.82, 2.24) is 19.4 Å². The van der Waals surface area contributed by atoms with Crippen LogP contribution in [0.3, 0.4) is 0 Å². The zero-order valence-electron chi connectivity index (χ0n) is 10.1. The van der Waals surface area contributed by atoms with Crippen LogP contribution in [0.5, 0.6) is 0 Å². The van der Waals surface area contributed by atoms with E-state index in [0.717, 1.165) is 17.7 Å². The van der Waals surface area contributed by atoms with Gasteiger partial charge in [0.15, 0.2) is 10.4 Å². The number of hydrogen-bond acceptors (Lipinski definition) is 3. The van der Waals surface area contributed by atoms with Gasteiger partial charge in [-0.05, 0) is 39.3 Å². The normalized spacial score (nSPS) is 13.5. The molecular weight excluding hydrogens is 256 g/mol. The first-order chi connectivity index (χ1) is 7.99. The van der Waals surface area contributed by atoms with Crippen LogP contribution in [0.2, 0.25) is 5.02 Å². The summed E-state index contributed by atoms with van der Waals surface area (Å²) in [5.74, 6) is 0. The predicted molar refractivity (Wildman–Crippen MR) is 73.1 cm³/mol. The number of hydrogen-bond donors (Lipinski definition) is 1. The molecule has 0 saturated carbocycles. The molecule has 2 heterocycles. The predicted octanol–water partition coefficient (Wildman–Crippen LogP) is 2.70. The molecule has 0 fully saturated rings. The van der Waals surface area contributed by atoms with Gasteiger partial charge in [-0.2, -0.15) is 0 Å². The second kappa shape index (κ2) is 4.76. The first-order valence-corrected chi connectivity index (χ1v) is 6.18. The highest BCUT2D eigenvalue weighted by atomic mass is 35.5. The minimum atomic E-state index is 0.387. The number of rotatable bonds is 3.